The molecule has 0 amide bonds. The maximum absolute atomic E-state index is 12.9. The Morgan fingerprint density at radius 1 is 1.50 bits per heavy atom. The van der Waals surface area contributed by atoms with E-state index < -0.39 is 16.6 Å². The molecule has 0 saturated heterocycles. The Kier molecular flexibility index (Phi) is 4.89. The number of rotatable bonds is 4. The molecule has 2 unspecified atom stereocenters. The highest BCUT2D eigenvalue weighted by molar-refractivity contribution is 7.85. The Labute approximate surface area is 102 Å². The molecule has 16 heavy (non-hydrogen) atoms. The third-order valence-corrected chi connectivity index (χ3v) is 4.11. The molecule has 0 aromatic heterocycles. The highest BCUT2D eigenvalue weighted by Gasteiger charge is 2.14. The number of hydrogen-bond acceptors (Lipinski definition) is 2. The minimum atomic E-state index is -1.23. The van der Waals surface area contributed by atoms with Crippen molar-refractivity contribution in [3.63, 3.8) is 0 Å². The van der Waals surface area contributed by atoms with E-state index in [0.717, 1.165) is 0 Å². The lowest BCUT2D eigenvalue weighted by molar-refractivity contribution is 0.530. The molecular formula is C11H15ClFNOS. The van der Waals surface area contributed by atoms with Gasteiger partial charge < -0.3 is 5.73 Å². The Morgan fingerprint density at radius 2 is 2.12 bits per heavy atom. The highest BCUT2D eigenvalue weighted by atomic mass is 35.5. The third kappa shape index (κ3) is 3.54. The van der Waals surface area contributed by atoms with Crippen molar-refractivity contribution in [1.82, 2.24) is 0 Å². The summed E-state index contributed by atoms with van der Waals surface area (Å²) in [4.78, 5) is 0.516. The van der Waals surface area contributed by atoms with Crippen LogP contribution in [-0.2, 0) is 10.8 Å². The molecule has 0 aliphatic rings. The molecule has 0 aliphatic heterocycles. The average Bonchev–Trinajstić information content (AvgIpc) is 2.21. The molecule has 0 heterocycles. The monoisotopic (exact) mass is 263 g/mol. The van der Waals surface area contributed by atoms with Crippen LogP contribution in [0.1, 0.15) is 13.8 Å². The fourth-order valence-electron chi connectivity index (χ4n) is 1.08. The van der Waals surface area contributed by atoms with Crippen LogP contribution in [0.25, 0.3) is 0 Å². The van der Waals surface area contributed by atoms with Crippen LogP contribution in [0.15, 0.2) is 23.1 Å². The van der Waals surface area contributed by atoms with Crippen molar-refractivity contribution in [2.75, 3.05) is 5.75 Å². The normalized spacial score (nSPS) is 15.1. The van der Waals surface area contributed by atoms with Crippen molar-refractivity contribution in [1.29, 1.82) is 0 Å². The molecule has 2 nitrogen and oxygen atoms in total. The van der Waals surface area contributed by atoms with Crippen LogP contribution >= 0.6 is 11.6 Å². The van der Waals surface area contributed by atoms with E-state index in [9.17, 15) is 8.60 Å². The summed E-state index contributed by atoms with van der Waals surface area (Å²) < 4.78 is 24.8. The van der Waals surface area contributed by atoms with E-state index in [4.69, 9.17) is 17.3 Å². The van der Waals surface area contributed by atoms with Gasteiger partial charge in [0.05, 0.1) is 15.8 Å². The molecule has 90 valence electrons. The molecular weight excluding hydrogens is 249 g/mol. The first-order valence-electron chi connectivity index (χ1n) is 5.01. The SMILES string of the molecule is CC(C)C(N)CS(=O)c1ccc(F)c(Cl)c1. The van der Waals surface area contributed by atoms with E-state index in [2.05, 4.69) is 0 Å². The van der Waals surface area contributed by atoms with Gasteiger partial charge in [-0.25, -0.2) is 4.39 Å². The van der Waals surface area contributed by atoms with Crippen molar-refractivity contribution in [3.8, 4) is 0 Å². The van der Waals surface area contributed by atoms with Gasteiger partial charge in [0.2, 0.25) is 0 Å². The zero-order valence-electron chi connectivity index (χ0n) is 9.24. The van der Waals surface area contributed by atoms with Gasteiger partial charge in [-0.3, -0.25) is 4.21 Å². The van der Waals surface area contributed by atoms with Crippen LogP contribution in [0.2, 0.25) is 5.02 Å². The van der Waals surface area contributed by atoms with Crippen LogP contribution in [0.5, 0.6) is 0 Å². The van der Waals surface area contributed by atoms with Crippen molar-refractivity contribution < 1.29 is 8.60 Å². The molecule has 2 atom stereocenters. The Morgan fingerprint density at radius 3 is 2.62 bits per heavy atom. The van der Waals surface area contributed by atoms with Gasteiger partial charge in [-0.2, -0.15) is 0 Å². The van der Waals surface area contributed by atoms with Gasteiger partial charge >= 0.3 is 0 Å². The Balaban J connectivity index is 2.77. The van der Waals surface area contributed by atoms with Crippen molar-refractivity contribution in [3.05, 3.63) is 29.0 Å². The second kappa shape index (κ2) is 5.75. The van der Waals surface area contributed by atoms with Gasteiger partial charge in [-0.05, 0) is 24.1 Å². The lowest BCUT2D eigenvalue weighted by atomic mass is 10.1. The predicted molar refractivity (Wildman–Crippen MR) is 65.5 cm³/mol. The fourth-order valence-corrected chi connectivity index (χ4v) is 2.72. The van der Waals surface area contributed by atoms with Gasteiger partial charge in [-0.15, -0.1) is 0 Å². The predicted octanol–water partition coefficient (Wildman–Crippen LogP) is 2.57. The summed E-state index contributed by atoms with van der Waals surface area (Å²) >= 11 is 5.62. The van der Waals surface area contributed by atoms with Crippen LogP contribution < -0.4 is 5.73 Å². The van der Waals surface area contributed by atoms with Crippen LogP contribution in [0.3, 0.4) is 0 Å². The molecule has 5 heteroatoms. The summed E-state index contributed by atoms with van der Waals surface area (Å²) in [6.45, 7) is 3.94. The molecule has 1 aromatic carbocycles. The number of halogens is 2. The Bertz CT molecular complexity index is 398. The van der Waals surface area contributed by atoms with Gasteiger partial charge in [0.25, 0.3) is 0 Å². The van der Waals surface area contributed by atoms with E-state index in [1.807, 2.05) is 13.8 Å². The standard InChI is InChI=1S/C11H15ClFNOS/c1-7(2)11(14)6-16(15)8-3-4-10(13)9(12)5-8/h3-5,7,11H,6,14H2,1-2H3. The van der Waals surface area contributed by atoms with Gasteiger partial charge in [0, 0.05) is 16.7 Å². The summed E-state index contributed by atoms with van der Waals surface area (Å²) in [7, 11) is -1.23. The summed E-state index contributed by atoms with van der Waals surface area (Å²) in [6.07, 6.45) is 0. The maximum atomic E-state index is 12.9. The second-order valence-electron chi connectivity index (χ2n) is 4.00. The molecule has 1 aromatic rings. The molecule has 0 saturated carbocycles. The summed E-state index contributed by atoms with van der Waals surface area (Å²) in [5.74, 6) is 0.120. The minimum Gasteiger partial charge on any atom is -0.327 e. The maximum Gasteiger partial charge on any atom is 0.141 e. The first kappa shape index (κ1) is 13.6. The molecule has 2 N–H and O–H groups in total. The molecule has 0 aliphatic carbocycles. The highest BCUT2D eigenvalue weighted by Crippen LogP contribution is 2.19. The van der Waals surface area contributed by atoms with Crippen LogP contribution in [-0.4, -0.2) is 16.0 Å². The smallest absolute Gasteiger partial charge is 0.141 e. The third-order valence-electron chi connectivity index (χ3n) is 2.35. The fraction of sp³-hybridized carbons (Fsp3) is 0.455. The van der Waals surface area contributed by atoms with Crippen LogP contribution in [0, 0.1) is 11.7 Å². The average molecular weight is 264 g/mol. The van der Waals surface area contributed by atoms with Crippen LogP contribution in [0.4, 0.5) is 4.39 Å². The number of nitrogens with two attached hydrogens (primary N) is 1. The van der Waals surface area contributed by atoms with E-state index in [0.29, 0.717) is 10.6 Å². The number of benzene rings is 1. The molecule has 1 rings (SSSR count). The van der Waals surface area contributed by atoms with Crippen molar-refractivity contribution >= 4 is 22.4 Å². The summed E-state index contributed by atoms with van der Waals surface area (Å²) in [5, 5.41) is -0.0102. The van der Waals surface area contributed by atoms with E-state index in [-0.39, 0.29) is 17.0 Å². The van der Waals surface area contributed by atoms with E-state index in [1.54, 1.807) is 0 Å². The van der Waals surface area contributed by atoms with Crippen molar-refractivity contribution in [2.24, 2.45) is 11.7 Å². The molecule has 0 bridgehead atoms. The topological polar surface area (TPSA) is 43.1 Å². The first-order valence-corrected chi connectivity index (χ1v) is 6.70. The van der Waals surface area contributed by atoms with E-state index in [1.165, 1.54) is 18.2 Å². The lowest BCUT2D eigenvalue weighted by Crippen LogP contribution is -2.32. The molecule has 0 fully saturated rings. The minimum absolute atomic E-state index is 0.0102. The summed E-state index contributed by atoms with van der Waals surface area (Å²) in [5.41, 5.74) is 5.82. The largest absolute Gasteiger partial charge is 0.327 e. The Hall–Kier alpha value is -0.450. The lowest BCUT2D eigenvalue weighted by Gasteiger charge is -2.14. The van der Waals surface area contributed by atoms with Gasteiger partial charge in [-0.1, -0.05) is 25.4 Å². The zero-order chi connectivity index (χ0) is 12.3. The molecule has 0 spiro atoms. The summed E-state index contributed by atoms with van der Waals surface area (Å²) in [6, 6.07) is 3.95. The second-order valence-corrected chi connectivity index (χ2v) is 5.90. The zero-order valence-corrected chi connectivity index (χ0v) is 10.8. The quantitative estimate of drug-likeness (QED) is 0.907. The van der Waals surface area contributed by atoms with Crippen molar-refractivity contribution in [2.45, 2.75) is 24.8 Å². The molecule has 0 radical (unpaired) electrons. The van der Waals surface area contributed by atoms with Gasteiger partial charge in [0.1, 0.15) is 5.82 Å². The van der Waals surface area contributed by atoms with Gasteiger partial charge in [0.15, 0.2) is 0 Å². The number of hydrogen-bond donors (Lipinski definition) is 1. The van der Waals surface area contributed by atoms with E-state index >= 15 is 0 Å². The first-order chi connectivity index (χ1) is 7.41.